The molecule has 6 nitrogen and oxygen atoms in total. The summed E-state index contributed by atoms with van der Waals surface area (Å²) in [5.41, 5.74) is 1.34. The van der Waals surface area contributed by atoms with Crippen molar-refractivity contribution < 1.29 is 19.1 Å². The molecule has 0 atom stereocenters. The Morgan fingerprint density at radius 1 is 1.65 bits per heavy atom. The van der Waals surface area contributed by atoms with Crippen molar-refractivity contribution >= 4 is 5.97 Å². The molecule has 0 aromatic carbocycles. The minimum atomic E-state index is -1.03. The number of ether oxygens (including phenoxy) is 1. The molecule has 17 heavy (non-hydrogen) atoms. The molecule has 2 rings (SSSR count). The first-order chi connectivity index (χ1) is 8.15. The largest absolute Gasteiger partial charge is 0.478 e. The highest BCUT2D eigenvalue weighted by Gasteiger charge is 2.21. The number of hydrogen-bond acceptors (Lipinski definition) is 4. The molecule has 0 bridgehead atoms. The zero-order valence-electron chi connectivity index (χ0n) is 9.51. The van der Waals surface area contributed by atoms with Crippen molar-refractivity contribution in [2.24, 2.45) is 7.05 Å². The van der Waals surface area contributed by atoms with Gasteiger partial charge in [0.1, 0.15) is 11.3 Å². The predicted molar refractivity (Wildman–Crippen MR) is 58.6 cm³/mol. The smallest absolute Gasteiger partial charge is 0.339 e. The average molecular weight is 236 g/mol. The first-order valence-corrected chi connectivity index (χ1v) is 4.96. The lowest BCUT2D eigenvalue weighted by Gasteiger charge is -2.03. The summed E-state index contributed by atoms with van der Waals surface area (Å²) < 4.78 is 11.8. The average Bonchev–Trinajstić information content (AvgIpc) is 2.85. The number of nitrogens with zero attached hydrogens (tertiary/aromatic N) is 2. The predicted octanol–water partition coefficient (Wildman–Crippen LogP) is 1.52. The van der Waals surface area contributed by atoms with Gasteiger partial charge in [-0.3, -0.25) is 4.68 Å². The maximum Gasteiger partial charge on any atom is 0.339 e. The third-order valence-corrected chi connectivity index (χ3v) is 2.43. The quantitative estimate of drug-likeness (QED) is 0.870. The third-order valence-electron chi connectivity index (χ3n) is 2.43. The van der Waals surface area contributed by atoms with E-state index >= 15 is 0 Å². The Hall–Kier alpha value is -2.08. The number of methoxy groups -OCH3 is 1. The van der Waals surface area contributed by atoms with Crippen LogP contribution in [0, 0.1) is 0 Å². The Bertz CT molecular complexity index is 541. The molecule has 0 unspecified atom stereocenters. The summed E-state index contributed by atoms with van der Waals surface area (Å²) in [6, 6.07) is 1.75. The van der Waals surface area contributed by atoms with Crippen LogP contribution in [0.4, 0.5) is 0 Å². The Morgan fingerprint density at radius 3 is 3.06 bits per heavy atom. The number of hydrogen-bond donors (Lipinski definition) is 1. The topological polar surface area (TPSA) is 77.5 Å². The summed E-state index contributed by atoms with van der Waals surface area (Å²) in [5.74, 6) is -0.558. The van der Waals surface area contributed by atoms with Crippen molar-refractivity contribution in [3.63, 3.8) is 0 Å². The second-order valence-corrected chi connectivity index (χ2v) is 3.54. The van der Waals surface area contributed by atoms with Crippen LogP contribution in [0.2, 0.25) is 0 Å². The van der Waals surface area contributed by atoms with E-state index in [1.165, 1.54) is 17.1 Å². The molecular weight excluding hydrogens is 224 g/mol. The molecule has 0 spiro atoms. The Balaban J connectivity index is 2.55. The van der Waals surface area contributed by atoms with Gasteiger partial charge in [0, 0.05) is 19.7 Å². The molecule has 0 aliphatic heterocycles. The van der Waals surface area contributed by atoms with Gasteiger partial charge >= 0.3 is 5.97 Å². The van der Waals surface area contributed by atoms with E-state index in [1.54, 1.807) is 20.2 Å². The molecule has 0 aliphatic rings. The molecule has 0 amide bonds. The second-order valence-electron chi connectivity index (χ2n) is 3.54. The van der Waals surface area contributed by atoms with Gasteiger partial charge in [0.25, 0.3) is 0 Å². The van der Waals surface area contributed by atoms with Gasteiger partial charge in [0.15, 0.2) is 5.76 Å². The normalized spacial score (nSPS) is 10.7. The van der Waals surface area contributed by atoms with Crippen molar-refractivity contribution in [1.29, 1.82) is 0 Å². The fourth-order valence-corrected chi connectivity index (χ4v) is 1.68. The van der Waals surface area contributed by atoms with Crippen LogP contribution in [-0.4, -0.2) is 28.0 Å². The Kier molecular flexibility index (Phi) is 2.97. The second kappa shape index (κ2) is 4.42. The van der Waals surface area contributed by atoms with E-state index in [-0.39, 0.29) is 5.56 Å². The molecule has 90 valence electrons. The van der Waals surface area contributed by atoms with Gasteiger partial charge in [-0.25, -0.2) is 4.79 Å². The van der Waals surface area contributed by atoms with Gasteiger partial charge < -0.3 is 14.3 Å². The van der Waals surface area contributed by atoms with E-state index in [0.29, 0.717) is 18.1 Å². The van der Waals surface area contributed by atoms with Gasteiger partial charge in [-0.05, 0) is 6.07 Å². The number of carboxylic acid groups (broad SMARTS) is 1. The fourth-order valence-electron chi connectivity index (χ4n) is 1.68. The van der Waals surface area contributed by atoms with E-state index in [4.69, 9.17) is 14.3 Å². The van der Waals surface area contributed by atoms with E-state index in [2.05, 4.69) is 5.10 Å². The van der Waals surface area contributed by atoms with Crippen molar-refractivity contribution in [3.8, 4) is 11.5 Å². The highest BCUT2D eigenvalue weighted by Crippen LogP contribution is 2.28. The molecule has 6 heteroatoms. The van der Waals surface area contributed by atoms with Crippen molar-refractivity contribution in [2.45, 2.75) is 6.61 Å². The molecule has 2 aromatic heterocycles. The van der Waals surface area contributed by atoms with Crippen molar-refractivity contribution in [2.75, 3.05) is 7.11 Å². The summed E-state index contributed by atoms with van der Waals surface area (Å²) in [6.07, 6.45) is 2.80. The van der Waals surface area contributed by atoms with Gasteiger partial charge in [-0.1, -0.05) is 0 Å². The lowest BCUT2D eigenvalue weighted by molar-refractivity contribution is 0.0697. The molecule has 0 radical (unpaired) electrons. The highest BCUT2D eigenvalue weighted by molar-refractivity contribution is 5.94. The molecule has 2 heterocycles. The summed E-state index contributed by atoms with van der Waals surface area (Å²) in [4.78, 5) is 11.1. The summed E-state index contributed by atoms with van der Waals surface area (Å²) in [6.45, 7) is 0.357. The number of aryl methyl sites for hydroxylation is 1. The number of aromatic carboxylic acids is 1. The van der Waals surface area contributed by atoms with Crippen LogP contribution in [-0.2, 0) is 18.4 Å². The monoisotopic (exact) mass is 236 g/mol. The van der Waals surface area contributed by atoms with E-state index in [9.17, 15) is 4.79 Å². The summed E-state index contributed by atoms with van der Waals surface area (Å²) in [7, 11) is 3.24. The van der Waals surface area contributed by atoms with Crippen LogP contribution in [0.5, 0.6) is 0 Å². The van der Waals surface area contributed by atoms with Gasteiger partial charge in [0.05, 0.1) is 19.1 Å². The lowest BCUT2D eigenvalue weighted by Crippen LogP contribution is -2.01. The molecule has 1 N–H and O–H groups in total. The molecule has 0 aliphatic carbocycles. The number of carboxylic acids is 1. The molecule has 0 saturated carbocycles. The highest BCUT2D eigenvalue weighted by atomic mass is 16.5. The number of aromatic nitrogens is 2. The molecule has 2 aromatic rings. The van der Waals surface area contributed by atoms with Crippen molar-refractivity contribution in [1.82, 2.24) is 9.78 Å². The summed E-state index contributed by atoms with van der Waals surface area (Å²) in [5, 5.41) is 13.0. The minimum Gasteiger partial charge on any atom is -0.478 e. The Labute approximate surface area is 97.4 Å². The first kappa shape index (κ1) is 11.4. The summed E-state index contributed by atoms with van der Waals surface area (Å²) >= 11 is 0. The number of furan rings is 1. The standard InChI is InChI=1S/C11H12N2O4/c1-13-9(8(5-12-13)11(14)15)10-7(6-16-2)3-4-17-10/h3-5H,6H2,1-2H3,(H,14,15). The van der Waals surface area contributed by atoms with Crippen LogP contribution in [0.3, 0.4) is 0 Å². The van der Waals surface area contributed by atoms with Gasteiger partial charge in [-0.15, -0.1) is 0 Å². The molecule has 0 fully saturated rings. The lowest BCUT2D eigenvalue weighted by atomic mass is 10.1. The maximum atomic E-state index is 11.1. The fraction of sp³-hybridized carbons (Fsp3) is 0.273. The van der Waals surface area contributed by atoms with Crippen LogP contribution in [0.15, 0.2) is 22.9 Å². The zero-order chi connectivity index (χ0) is 12.4. The van der Waals surface area contributed by atoms with E-state index in [1.807, 2.05) is 0 Å². The SMILES string of the molecule is COCc1ccoc1-c1c(C(=O)O)cnn1C. The van der Waals surface area contributed by atoms with Gasteiger partial charge in [0.2, 0.25) is 0 Å². The maximum absolute atomic E-state index is 11.1. The van der Waals surface area contributed by atoms with E-state index < -0.39 is 5.97 Å². The Morgan fingerprint density at radius 2 is 2.41 bits per heavy atom. The molecule has 0 saturated heterocycles. The minimum absolute atomic E-state index is 0.111. The van der Waals surface area contributed by atoms with Crippen LogP contribution >= 0.6 is 0 Å². The van der Waals surface area contributed by atoms with Crippen LogP contribution in [0.1, 0.15) is 15.9 Å². The third kappa shape index (κ3) is 1.94. The van der Waals surface area contributed by atoms with Crippen LogP contribution < -0.4 is 0 Å². The number of carbonyl (C=O) groups is 1. The molecular formula is C11H12N2O4. The van der Waals surface area contributed by atoms with E-state index in [0.717, 1.165) is 5.56 Å². The van der Waals surface area contributed by atoms with Crippen LogP contribution in [0.25, 0.3) is 11.5 Å². The van der Waals surface area contributed by atoms with Gasteiger partial charge in [-0.2, -0.15) is 5.10 Å². The zero-order valence-corrected chi connectivity index (χ0v) is 9.51. The number of rotatable bonds is 4. The first-order valence-electron chi connectivity index (χ1n) is 4.96. The van der Waals surface area contributed by atoms with Crippen molar-refractivity contribution in [3.05, 3.63) is 29.7 Å².